The average molecular weight is 465 g/mol. The molecule has 0 amide bonds. The number of aliphatic imine (C=N–C) groups is 1. The topological polar surface area (TPSA) is 88.5 Å². The minimum atomic E-state index is -0.543. The van der Waals surface area contributed by atoms with Gasteiger partial charge in [-0.1, -0.05) is 47.1 Å². The van der Waals surface area contributed by atoms with Gasteiger partial charge in [-0.2, -0.15) is 0 Å². The first-order valence-corrected chi connectivity index (χ1v) is 11.0. The van der Waals surface area contributed by atoms with Gasteiger partial charge < -0.3 is 10.1 Å². The number of hydrogen-bond acceptors (Lipinski definition) is 6. The van der Waals surface area contributed by atoms with Crippen LogP contribution in [-0.2, 0) is 13.1 Å². The van der Waals surface area contributed by atoms with Crippen LogP contribution in [0.3, 0.4) is 0 Å². The van der Waals surface area contributed by atoms with Gasteiger partial charge in [0.25, 0.3) is 5.56 Å². The second kappa shape index (κ2) is 9.16. The van der Waals surface area contributed by atoms with Crippen molar-refractivity contribution < 1.29 is 4.74 Å². The molecule has 0 fully saturated rings. The number of thioether (sulfide) groups is 1. The van der Waals surface area contributed by atoms with Crippen molar-refractivity contribution in [1.29, 1.82) is 0 Å². The molecule has 0 unspecified atom stereocenters. The van der Waals surface area contributed by atoms with E-state index in [9.17, 15) is 9.59 Å². The van der Waals surface area contributed by atoms with E-state index in [4.69, 9.17) is 27.9 Å². The zero-order chi connectivity index (χ0) is 21.1. The van der Waals surface area contributed by atoms with Gasteiger partial charge in [0, 0.05) is 17.3 Å². The molecule has 10 heteroatoms. The lowest BCUT2D eigenvalue weighted by Gasteiger charge is -2.12. The summed E-state index contributed by atoms with van der Waals surface area (Å²) in [7, 11) is 0. The van der Waals surface area contributed by atoms with E-state index in [0.717, 1.165) is 23.0 Å². The van der Waals surface area contributed by atoms with Crippen molar-refractivity contribution in [1.82, 2.24) is 14.9 Å². The average Bonchev–Trinajstić information content (AvgIpc) is 3.22. The molecular formula is C20H18Cl2N4O3S. The molecule has 0 bridgehead atoms. The van der Waals surface area contributed by atoms with Gasteiger partial charge in [0.2, 0.25) is 0 Å². The number of aromatic amines is 1. The summed E-state index contributed by atoms with van der Waals surface area (Å²) in [6, 6.07) is 10.7. The molecule has 2 N–H and O–H groups in total. The number of H-pyrrole nitrogens is 1. The number of nitrogens with one attached hydrogen (secondary N) is 2. The predicted molar refractivity (Wildman–Crippen MR) is 122 cm³/mol. The van der Waals surface area contributed by atoms with Gasteiger partial charge in [0.1, 0.15) is 12.4 Å². The lowest BCUT2D eigenvalue weighted by molar-refractivity contribution is 0.297. The highest BCUT2D eigenvalue weighted by Crippen LogP contribution is 2.24. The Kier molecular flexibility index (Phi) is 6.36. The summed E-state index contributed by atoms with van der Waals surface area (Å²) in [4.78, 5) is 31.1. The molecule has 2 heterocycles. The maximum Gasteiger partial charge on any atom is 0.328 e. The van der Waals surface area contributed by atoms with Crippen molar-refractivity contribution in [3.63, 3.8) is 0 Å². The molecule has 3 aromatic rings. The second-order valence-electron chi connectivity index (χ2n) is 6.58. The predicted octanol–water partition coefficient (Wildman–Crippen LogP) is 3.27. The Hall–Kier alpha value is -2.42. The monoisotopic (exact) mass is 464 g/mol. The minimum absolute atomic E-state index is 0.193. The Morgan fingerprint density at radius 2 is 2.10 bits per heavy atom. The van der Waals surface area contributed by atoms with Crippen molar-refractivity contribution in [2.75, 3.05) is 18.9 Å². The summed E-state index contributed by atoms with van der Waals surface area (Å²) in [6.07, 6.45) is 0. The lowest BCUT2D eigenvalue weighted by Crippen LogP contribution is -2.32. The number of hydrogen-bond donors (Lipinski definition) is 2. The van der Waals surface area contributed by atoms with Crippen molar-refractivity contribution in [2.45, 2.75) is 13.1 Å². The quantitative estimate of drug-likeness (QED) is 0.584. The summed E-state index contributed by atoms with van der Waals surface area (Å²) in [5.74, 6) is 1.70. The minimum Gasteiger partial charge on any atom is -0.492 e. The van der Waals surface area contributed by atoms with Gasteiger partial charge in [-0.25, -0.2) is 4.79 Å². The molecule has 4 rings (SSSR count). The maximum absolute atomic E-state index is 12.3. The molecule has 1 aromatic heterocycles. The molecule has 0 saturated heterocycles. The third-order valence-corrected chi connectivity index (χ3v) is 5.98. The highest BCUT2D eigenvalue weighted by Gasteiger charge is 2.12. The van der Waals surface area contributed by atoms with E-state index in [0.29, 0.717) is 22.8 Å². The van der Waals surface area contributed by atoms with E-state index in [2.05, 4.69) is 15.3 Å². The van der Waals surface area contributed by atoms with Gasteiger partial charge in [-0.15, -0.1) is 0 Å². The number of benzene rings is 2. The molecule has 30 heavy (non-hydrogen) atoms. The van der Waals surface area contributed by atoms with Crippen molar-refractivity contribution in [3.8, 4) is 5.75 Å². The summed E-state index contributed by atoms with van der Waals surface area (Å²) < 4.78 is 7.23. The van der Waals surface area contributed by atoms with E-state index in [-0.39, 0.29) is 23.6 Å². The van der Waals surface area contributed by atoms with E-state index < -0.39 is 11.2 Å². The van der Waals surface area contributed by atoms with Crippen LogP contribution in [0.2, 0.25) is 10.0 Å². The molecule has 156 valence electrons. The molecule has 2 aromatic carbocycles. The van der Waals surface area contributed by atoms with Crippen LogP contribution in [0.1, 0.15) is 5.56 Å². The lowest BCUT2D eigenvalue weighted by atomic mass is 10.2. The molecule has 0 radical (unpaired) electrons. The Labute approximate surface area is 186 Å². The van der Waals surface area contributed by atoms with Gasteiger partial charge in [0.15, 0.2) is 5.17 Å². The van der Waals surface area contributed by atoms with Crippen LogP contribution in [0.5, 0.6) is 5.75 Å². The molecule has 0 spiro atoms. The first kappa shape index (κ1) is 20.8. The largest absolute Gasteiger partial charge is 0.492 e. The summed E-state index contributed by atoms with van der Waals surface area (Å²) in [6.45, 7) is 1.96. The Balaban J connectivity index is 1.47. The van der Waals surface area contributed by atoms with Crippen molar-refractivity contribution in [3.05, 3.63) is 72.8 Å². The molecule has 0 aliphatic carbocycles. The Morgan fingerprint density at radius 3 is 2.90 bits per heavy atom. The smallest absolute Gasteiger partial charge is 0.328 e. The maximum atomic E-state index is 12.3. The summed E-state index contributed by atoms with van der Waals surface area (Å²) in [5.41, 5.74) is 0.354. The molecule has 1 aliphatic rings. The van der Waals surface area contributed by atoms with Crippen LogP contribution in [0.4, 0.5) is 0 Å². The van der Waals surface area contributed by atoms with Gasteiger partial charge in [-0.3, -0.25) is 19.3 Å². The fourth-order valence-corrected chi connectivity index (χ4v) is 4.48. The fourth-order valence-electron chi connectivity index (χ4n) is 3.18. The van der Waals surface area contributed by atoms with E-state index in [1.807, 2.05) is 24.3 Å². The fraction of sp³-hybridized carbons (Fsp3) is 0.250. The van der Waals surface area contributed by atoms with Crippen LogP contribution in [0.25, 0.3) is 10.9 Å². The van der Waals surface area contributed by atoms with Crippen molar-refractivity contribution >= 4 is 51.0 Å². The number of aromatic nitrogens is 2. The number of amidine groups is 1. The molecular weight excluding hydrogens is 447 g/mol. The van der Waals surface area contributed by atoms with E-state index in [1.54, 1.807) is 17.8 Å². The highest BCUT2D eigenvalue weighted by atomic mass is 35.5. The van der Waals surface area contributed by atoms with E-state index >= 15 is 0 Å². The van der Waals surface area contributed by atoms with Crippen LogP contribution >= 0.6 is 35.0 Å². The standard InChI is InChI=1S/C20H18Cl2N4O3S/c21-13-9-15(22)17-16(10-13)26(20(28)25-18(17)27)5-6-29-14-3-1-2-12(8-14)11-24-19-23-4-7-30-19/h1-3,8-10H,4-7,11H2,(H,23,24)(H,25,27,28). The zero-order valence-corrected chi connectivity index (χ0v) is 18.1. The van der Waals surface area contributed by atoms with Crippen LogP contribution < -0.4 is 21.3 Å². The molecule has 0 atom stereocenters. The molecule has 1 aliphatic heterocycles. The van der Waals surface area contributed by atoms with Crippen LogP contribution in [-0.4, -0.2) is 33.6 Å². The summed E-state index contributed by atoms with van der Waals surface area (Å²) in [5, 5.41) is 5.03. The van der Waals surface area contributed by atoms with Crippen molar-refractivity contribution in [2.24, 2.45) is 4.99 Å². The Bertz CT molecular complexity index is 1240. The Morgan fingerprint density at radius 1 is 1.23 bits per heavy atom. The molecule has 7 nitrogen and oxygen atoms in total. The third kappa shape index (κ3) is 4.66. The normalized spacial score (nSPS) is 13.5. The highest BCUT2D eigenvalue weighted by molar-refractivity contribution is 8.14. The van der Waals surface area contributed by atoms with Gasteiger partial charge in [0.05, 0.1) is 29.0 Å². The number of ether oxygens (including phenoxy) is 1. The van der Waals surface area contributed by atoms with E-state index in [1.165, 1.54) is 10.6 Å². The van der Waals surface area contributed by atoms with Crippen LogP contribution in [0, 0.1) is 0 Å². The number of fused-ring (bicyclic) bond motifs is 1. The second-order valence-corrected chi connectivity index (χ2v) is 8.50. The first-order chi connectivity index (χ1) is 14.5. The number of halogens is 2. The first-order valence-electron chi connectivity index (χ1n) is 9.26. The number of nitrogens with zero attached hydrogens (tertiary/aromatic N) is 2. The van der Waals surface area contributed by atoms with Gasteiger partial charge in [-0.05, 0) is 29.8 Å². The molecule has 0 saturated carbocycles. The number of rotatable bonds is 6. The summed E-state index contributed by atoms with van der Waals surface area (Å²) >= 11 is 13.9. The third-order valence-electron chi connectivity index (χ3n) is 4.53. The zero-order valence-electron chi connectivity index (χ0n) is 15.8. The SMILES string of the molecule is O=c1[nH]c(=O)n(CCOc2cccc(CNC3=NCCS3)c2)c2cc(Cl)cc(Cl)c12. The van der Waals surface area contributed by atoms with Gasteiger partial charge >= 0.3 is 5.69 Å². The van der Waals surface area contributed by atoms with Crippen LogP contribution in [0.15, 0.2) is 51.0 Å².